The number of benzene rings is 3. The Morgan fingerprint density at radius 3 is 1.83 bits per heavy atom. The predicted octanol–water partition coefficient (Wildman–Crippen LogP) is 9.00. The van der Waals surface area contributed by atoms with Crippen LogP contribution in [0.3, 0.4) is 0 Å². The summed E-state index contributed by atoms with van der Waals surface area (Å²) in [6, 6.07) is 9.89. The highest BCUT2D eigenvalue weighted by molar-refractivity contribution is 5.72. The molecule has 35 heavy (non-hydrogen) atoms. The lowest BCUT2D eigenvalue weighted by molar-refractivity contribution is -0.0696. The minimum atomic E-state index is -4.92. The monoisotopic (exact) mass is 492 g/mol. The second-order valence-corrected chi connectivity index (χ2v) is 8.24. The van der Waals surface area contributed by atoms with Gasteiger partial charge in [-0.2, -0.15) is 13.2 Å². The lowest BCUT2D eigenvalue weighted by Gasteiger charge is -2.10. The molecule has 3 rings (SSSR count). The van der Waals surface area contributed by atoms with Crippen molar-refractivity contribution in [2.24, 2.45) is 0 Å². The number of alkyl halides is 3. The molecule has 0 nitrogen and oxygen atoms in total. The van der Waals surface area contributed by atoms with E-state index in [4.69, 9.17) is 0 Å². The molecular formula is C28H23F7. The number of unbranched alkanes of at least 4 members (excludes halogenated alkanes) is 4. The van der Waals surface area contributed by atoms with Crippen LogP contribution < -0.4 is 0 Å². The molecule has 0 amide bonds. The first kappa shape index (κ1) is 26.3. The van der Waals surface area contributed by atoms with Gasteiger partial charge in [0.2, 0.25) is 0 Å². The lowest BCUT2D eigenvalue weighted by Crippen LogP contribution is -2.02. The molecule has 0 atom stereocenters. The molecule has 0 aliphatic rings. The van der Waals surface area contributed by atoms with E-state index >= 15 is 0 Å². The first-order chi connectivity index (χ1) is 16.6. The highest BCUT2D eigenvalue weighted by Crippen LogP contribution is 2.31. The Hall–Kier alpha value is -3.27. The van der Waals surface area contributed by atoms with E-state index in [2.05, 4.69) is 6.92 Å². The third-order valence-corrected chi connectivity index (χ3v) is 5.56. The summed E-state index contributed by atoms with van der Waals surface area (Å²) in [5, 5.41) is 0. The Kier molecular flexibility index (Phi) is 8.61. The van der Waals surface area contributed by atoms with Gasteiger partial charge in [-0.15, -0.1) is 0 Å². The molecule has 7 heteroatoms. The predicted molar refractivity (Wildman–Crippen MR) is 123 cm³/mol. The number of hydrogen-bond acceptors (Lipinski definition) is 0. The van der Waals surface area contributed by atoms with E-state index in [0.717, 1.165) is 49.7 Å². The van der Waals surface area contributed by atoms with Crippen molar-refractivity contribution in [1.29, 1.82) is 0 Å². The molecule has 0 saturated heterocycles. The second kappa shape index (κ2) is 11.4. The van der Waals surface area contributed by atoms with Crippen LogP contribution in [0.4, 0.5) is 30.7 Å². The zero-order chi connectivity index (χ0) is 25.6. The van der Waals surface area contributed by atoms with Crippen molar-refractivity contribution in [3.8, 4) is 34.1 Å². The molecule has 0 saturated carbocycles. The smallest absolute Gasteiger partial charge is 0.206 e. The van der Waals surface area contributed by atoms with Crippen molar-refractivity contribution in [3.63, 3.8) is 0 Å². The van der Waals surface area contributed by atoms with Crippen LogP contribution in [0.1, 0.15) is 50.2 Å². The van der Waals surface area contributed by atoms with Crippen LogP contribution in [-0.2, 0) is 6.42 Å². The second-order valence-electron chi connectivity index (χ2n) is 8.24. The van der Waals surface area contributed by atoms with Gasteiger partial charge in [0.1, 0.15) is 23.3 Å². The average Bonchev–Trinajstić information content (AvgIpc) is 2.77. The number of hydrogen-bond donors (Lipinski definition) is 0. The van der Waals surface area contributed by atoms with Gasteiger partial charge in [0.15, 0.2) is 0 Å². The zero-order valence-corrected chi connectivity index (χ0v) is 19.0. The Labute approximate surface area is 199 Å². The minimum absolute atomic E-state index is 0.181. The molecule has 0 aliphatic heterocycles. The van der Waals surface area contributed by atoms with E-state index in [-0.39, 0.29) is 22.3 Å². The molecule has 0 fully saturated rings. The fourth-order valence-electron chi connectivity index (χ4n) is 3.78. The Morgan fingerprint density at radius 2 is 1.23 bits per heavy atom. The van der Waals surface area contributed by atoms with E-state index in [9.17, 15) is 30.7 Å². The van der Waals surface area contributed by atoms with Crippen LogP contribution in [-0.4, -0.2) is 6.18 Å². The molecule has 0 heterocycles. The van der Waals surface area contributed by atoms with Gasteiger partial charge in [0, 0.05) is 17.0 Å². The van der Waals surface area contributed by atoms with E-state index in [1.807, 2.05) is 0 Å². The van der Waals surface area contributed by atoms with Gasteiger partial charge in [-0.05, 0) is 53.8 Å². The summed E-state index contributed by atoms with van der Waals surface area (Å²) >= 11 is 0. The molecule has 0 aliphatic carbocycles. The number of halogens is 7. The summed E-state index contributed by atoms with van der Waals surface area (Å²) in [5.41, 5.74) is -0.200. The van der Waals surface area contributed by atoms with Gasteiger partial charge in [0.25, 0.3) is 0 Å². The first-order valence-corrected chi connectivity index (χ1v) is 11.3. The van der Waals surface area contributed by atoms with Crippen molar-refractivity contribution in [2.75, 3.05) is 0 Å². The number of rotatable bonds is 8. The summed E-state index contributed by atoms with van der Waals surface area (Å²) in [5.74, 6) is -1.85. The van der Waals surface area contributed by atoms with E-state index in [1.165, 1.54) is 30.5 Å². The fraction of sp³-hybridized carbons (Fsp3) is 0.286. The van der Waals surface area contributed by atoms with Gasteiger partial charge in [-0.3, -0.25) is 0 Å². The molecular weight excluding hydrogens is 469 g/mol. The van der Waals surface area contributed by atoms with Gasteiger partial charge in [-0.25, -0.2) is 17.6 Å². The third-order valence-electron chi connectivity index (χ3n) is 5.56. The minimum Gasteiger partial charge on any atom is -0.206 e. The van der Waals surface area contributed by atoms with Crippen molar-refractivity contribution in [3.05, 3.63) is 82.9 Å². The standard InChI is InChI=1S/C28H23F7/c1-2-3-4-5-6-7-18-8-10-21(24(29)14-18)19-9-11-22(25(30)15-19)20-16-26(31)23(27(32)17-20)12-13-28(33,34)35/h8-11,14-17H,2-7H2,1H3. The van der Waals surface area contributed by atoms with Crippen LogP contribution in [0.5, 0.6) is 0 Å². The van der Waals surface area contributed by atoms with Crippen LogP contribution in [0.25, 0.3) is 22.3 Å². The maximum atomic E-state index is 14.8. The molecule has 0 radical (unpaired) electrons. The Balaban J connectivity index is 1.82. The quantitative estimate of drug-likeness (QED) is 0.167. The summed E-state index contributed by atoms with van der Waals surface area (Å²) in [6.07, 6.45) is 1.31. The molecule has 0 N–H and O–H groups in total. The third kappa shape index (κ3) is 7.11. The highest BCUT2D eigenvalue weighted by atomic mass is 19.4. The largest absolute Gasteiger partial charge is 0.458 e. The summed E-state index contributed by atoms with van der Waals surface area (Å²) in [4.78, 5) is 0. The van der Waals surface area contributed by atoms with Crippen molar-refractivity contribution in [1.82, 2.24) is 0 Å². The Bertz CT molecular complexity index is 1220. The molecule has 0 aromatic heterocycles. The summed E-state index contributed by atoms with van der Waals surface area (Å²) < 4.78 is 94.6. The van der Waals surface area contributed by atoms with E-state index in [1.54, 1.807) is 12.1 Å². The van der Waals surface area contributed by atoms with Crippen molar-refractivity contribution < 1.29 is 30.7 Å². The van der Waals surface area contributed by atoms with Crippen LogP contribution in [0, 0.1) is 35.1 Å². The molecule has 0 unspecified atom stereocenters. The molecule has 3 aromatic rings. The van der Waals surface area contributed by atoms with Crippen LogP contribution in [0.15, 0.2) is 48.5 Å². The summed E-state index contributed by atoms with van der Waals surface area (Å²) in [6.45, 7) is 2.13. The summed E-state index contributed by atoms with van der Waals surface area (Å²) in [7, 11) is 0. The first-order valence-electron chi connectivity index (χ1n) is 11.3. The maximum Gasteiger partial charge on any atom is 0.458 e. The van der Waals surface area contributed by atoms with Gasteiger partial charge < -0.3 is 0 Å². The van der Waals surface area contributed by atoms with E-state index < -0.39 is 35.0 Å². The zero-order valence-electron chi connectivity index (χ0n) is 19.0. The Morgan fingerprint density at radius 1 is 0.657 bits per heavy atom. The fourth-order valence-corrected chi connectivity index (χ4v) is 3.78. The maximum absolute atomic E-state index is 14.8. The van der Waals surface area contributed by atoms with Gasteiger partial charge >= 0.3 is 6.18 Å². The SMILES string of the molecule is CCCCCCCc1ccc(-c2ccc(-c3cc(F)c(C#CC(F)(F)F)c(F)c3)c(F)c2)c(F)c1. The van der Waals surface area contributed by atoms with E-state index in [0.29, 0.717) is 12.1 Å². The van der Waals surface area contributed by atoms with Crippen molar-refractivity contribution >= 4 is 0 Å². The van der Waals surface area contributed by atoms with Crippen LogP contribution >= 0.6 is 0 Å². The highest BCUT2D eigenvalue weighted by Gasteiger charge is 2.24. The molecule has 0 spiro atoms. The normalized spacial score (nSPS) is 11.3. The van der Waals surface area contributed by atoms with Gasteiger partial charge in [0.05, 0.1) is 5.56 Å². The topological polar surface area (TPSA) is 0 Å². The average molecular weight is 492 g/mol. The van der Waals surface area contributed by atoms with Crippen LogP contribution in [0.2, 0.25) is 0 Å². The van der Waals surface area contributed by atoms with Crippen molar-refractivity contribution in [2.45, 2.75) is 51.6 Å². The number of aryl methyl sites for hydroxylation is 1. The lowest BCUT2D eigenvalue weighted by atomic mass is 9.96. The molecule has 0 bridgehead atoms. The molecule has 3 aromatic carbocycles. The van der Waals surface area contributed by atoms with Gasteiger partial charge in [-0.1, -0.05) is 62.8 Å². The molecule has 184 valence electrons.